The van der Waals surface area contributed by atoms with Gasteiger partial charge in [-0.05, 0) is 44.1 Å². The van der Waals surface area contributed by atoms with Crippen molar-refractivity contribution in [3.05, 3.63) is 36.4 Å². The maximum absolute atomic E-state index is 13.7. The number of rotatable bonds is 30. The maximum atomic E-state index is 13.7. The van der Waals surface area contributed by atoms with Crippen LogP contribution in [0.2, 0.25) is 0 Å². The number of amides is 7. The van der Waals surface area contributed by atoms with Crippen LogP contribution in [0.4, 0.5) is 0 Å². The van der Waals surface area contributed by atoms with Gasteiger partial charge in [-0.1, -0.05) is 27.7 Å². The highest BCUT2D eigenvalue weighted by atomic mass is 16.4. The summed E-state index contributed by atoms with van der Waals surface area (Å²) in [5, 5.41) is 45.2. The number of hydrogen-bond acceptors (Lipinski definition) is 14. The van der Waals surface area contributed by atoms with Gasteiger partial charge in [-0.2, -0.15) is 0 Å². The van der Waals surface area contributed by atoms with E-state index >= 15 is 0 Å². The molecule has 0 aliphatic rings. The first-order chi connectivity index (χ1) is 30.6. The summed E-state index contributed by atoms with van der Waals surface area (Å²) in [4.78, 5) is 142. The van der Waals surface area contributed by atoms with E-state index < -0.39 is 121 Å². The van der Waals surface area contributed by atoms with Crippen LogP contribution in [-0.2, 0) is 60.8 Å². The molecule has 2 aromatic heterocycles. The predicted molar refractivity (Wildman–Crippen MR) is 226 cm³/mol. The zero-order chi connectivity index (χ0) is 48.8. The lowest BCUT2D eigenvalue weighted by molar-refractivity contribution is -0.145. The quantitative estimate of drug-likeness (QED) is 0.0333. The summed E-state index contributed by atoms with van der Waals surface area (Å²) in [5.74, 6) is -11.7. The van der Waals surface area contributed by atoms with Crippen molar-refractivity contribution in [2.75, 3.05) is 13.1 Å². The van der Waals surface area contributed by atoms with Crippen LogP contribution in [0.15, 0.2) is 25.0 Å². The molecule has 0 aromatic carbocycles. The number of carbonyl (C=O) groups is 10. The summed E-state index contributed by atoms with van der Waals surface area (Å²) in [6, 6.07) is -10.3. The van der Waals surface area contributed by atoms with Crippen molar-refractivity contribution >= 4 is 59.3 Å². The summed E-state index contributed by atoms with van der Waals surface area (Å²) in [5.41, 5.74) is 12.1. The fourth-order valence-corrected chi connectivity index (χ4v) is 6.06. The highest BCUT2D eigenvalue weighted by Gasteiger charge is 2.35. The molecule has 0 bridgehead atoms. The molecule has 26 heteroatoms. The molecule has 26 nitrogen and oxygen atoms in total. The number of carboxylic acids is 3. The van der Waals surface area contributed by atoms with Gasteiger partial charge in [0.25, 0.3) is 0 Å². The number of nitrogens with zero attached hydrogens (tertiary/aromatic N) is 2. The number of nitrogens with two attached hydrogens (primary N) is 2. The third-order valence-corrected chi connectivity index (χ3v) is 9.59. The molecule has 16 N–H and O–H groups in total. The molecule has 0 saturated heterocycles. The first-order valence-electron chi connectivity index (χ1n) is 20.8. The van der Waals surface area contributed by atoms with E-state index in [9.17, 15) is 63.3 Å². The number of aromatic amines is 2. The summed E-state index contributed by atoms with van der Waals surface area (Å²) in [7, 11) is 0. The predicted octanol–water partition coefficient (Wildman–Crippen LogP) is -3.86. The summed E-state index contributed by atoms with van der Waals surface area (Å²) >= 11 is 0. The minimum atomic E-state index is -1.98. The lowest BCUT2D eigenvalue weighted by Gasteiger charge is -2.26. The van der Waals surface area contributed by atoms with Crippen molar-refractivity contribution in [3.63, 3.8) is 0 Å². The molecule has 2 heterocycles. The molecule has 360 valence electrons. The van der Waals surface area contributed by atoms with Crippen molar-refractivity contribution < 1.29 is 63.3 Å². The third kappa shape index (κ3) is 20.0. The van der Waals surface area contributed by atoms with Gasteiger partial charge in [0.1, 0.15) is 36.3 Å². The minimum absolute atomic E-state index is 0.0486. The summed E-state index contributed by atoms with van der Waals surface area (Å²) < 4.78 is 0. The van der Waals surface area contributed by atoms with Gasteiger partial charge in [0.15, 0.2) is 0 Å². The first kappa shape index (κ1) is 54.2. The largest absolute Gasteiger partial charge is 0.481 e. The molecule has 2 rings (SSSR count). The van der Waals surface area contributed by atoms with Gasteiger partial charge in [-0.25, -0.2) is 14.8 Å². The van der Waals surface area contributed by atoms with E-state index in [1.165, 1.54) is 25.0 Å². The maximum Gasteiger partial charge on any atom is 0.326 e. The molecule has 65 heavy (non-hydrogen) atoms. The second-order valence-corrected chi connectivity index (χ2v) is 15.9. The first-order valence-corrected chi connectivity index (χ1v) is 20.8. The summed E-state index contributed by atoms with van der Waals surface area (Å²) in [6.07, 6.45) is 3.62. The molecule has 0 fully saturated rings. The molecule has 0 aliphatic heterocycles. The van der Waals surface area contributed by atoms with Gasteiger partial charge >= 0.3 is 17.9 Å². The number of H-pyrrole nitrogens is 2. The number of carboxylic acid groups (broad SMARTS) is 3. The Kier molecular flexibility index (Phi) is 22.7. The average molecular weight is 920 g/mol. The topological polar surface area (TPSA) is 425 Å². The Hall–Kier alpha value is -6.96. The van der Waals surface area contributed by atoms with E-state index in [0.29, 0.717) is 12.8 Å². The van der Waals surface area contributed by atoms with Crippen molar-refractivity contribution in [2.24, 2.45) is 23.3 Å². The van der Waals surface area contributed by atoms with Gasteiger partial charge in [0.2, 0.25) is 41.4 Å². The van der Waals surface area contributed by atoms with E-state index in [2.05, 4.69) is 57.2 Å². The number of carbonyl (C=O) groups excluding carboxylic acids is 7. The fraction of sp³-hybridized carbons (Fsp3) is 0.590. The zero-order valence-electron chi connectivity index (χ0n) is 36.5. The van der Waals surface area contributed by atoms with Crippen LogP contribution in [0.25, 0.3) is 0 Å². The number of nitrogens with one attached hydrogen (secondary N) is 9. The molecule has 7 amide bonds. The number of aromatic nitrogens is 4. The van der Waals surface area contributed by atoms with Crippen LogP contribution in [0, 0.1) is 11.8 Å². The Morgan fingerprint density at radius 3 is 1.51 bits per heavy atom. The van der Waals surface area contributed by atoms with Crippen molar-refractivity contribution in [1.29, 1.82) is 0 Å². The van der Waals surface area contributed by atoms with Crippen LogP contribution < -0.4 is 48.7 Å². The zero-order valence-corrected chi connectivity index (χ0v) is 36.5. The van der Waals surface area contributed by atoms with Crippen LogP contribution >= 0.6 is 0 Å². The van der Waals surface area contributed by atoms with Crippen LogP contribution in [0.3, 0.4) is 0 Å². The fourth-order valence-electron chi connectivity index (χ4n) is 6.06. The Bertz CT molecular complexity index is 1930. The van der Waals surface area contributed by atoms with Crippen LogP contribution in [0.5, 0.6) is 0 Å². The second kappa shape index (κ2) is 27.3. The van der Waals surface area contributed by atoms with Gasteiger partial charge in [-0.3, -0.25) is 43.2 Å². The number of aliphatic carboxylic acids is 3. The SMILES string of the molecule is CC(C)C[C@H](NC(=O)[C@@H](N)C(C)C)C(=O)N[C@@H](CCCCN)C(=O)NCC(=O)N[C@@H](Cc1c[nH]cn1)C(=O)N[C@@H](CC(=O)O)C(=O)N[C@@H](CC(=O)O)C(=O)N[C@@H](Cc1c[nH]cn1)C(=O)O. The van der Waals surface area contributed by atoms with Crippen LogP contribution in [0.1, 0.15) is 77.6 Å². The Morgan fingerprint density at radius 2 is 1.06 bits per heavy atom. The van der Waals surface area contributed by atoms with E-state index in [1.54, 1.807) is 13.8 Å². The van der Waals surface area contributed by atoms with E-state index in [-0.39, 0.29) is 55.5 Å². The van der Waals surface area contributed by atoms with E-state index in [4.69, 9.17) is 11.5 Å². The van der Waals surface area contributed by atoms with Gasteiger partial charge in [0.05, 0.1) is 49.5 Å². The number of unbranched alkanes of at least 4 members (excludes halogenated alkanes) is 1. The van der Waals surface area contributed by atoms with Crippen molar-refractivity contribution in [1.82, 2.24) is 57.2 Å². The van der Waals surface area contributed by atoms with E-state index in [1.807, 2.05) is 13.8 Å². The molecule has 0 saturated carbocycles. The highest BCUT2D eigenvalue weighted by Crippen LogP contribution is 2.10. The number of imidazole rings is 2. The molecule has 0 radical (unpaired) electrons. The Balaban J connectivity index is 2.25. The Labute approximate surface area is 373 Å². The van der Waals surface area contributed by atoms with Gasteiger partial charge in [-0.15, -0.1) is 0 Å². The monoisotopic (exact) mass is 919 g/mol. The molecule has 0 spiro atoms. The lowest BCUT2D eigenvalue weighted by Crippen LogP contribution is -2.59. The molecule has 7 atom stereocenters. The van der Waals surface area contributed by atoms with Crippen LogP contribution in [-0.4, -0.2) is 150 Å². The standard InChI is InChI=1S/C39H61N13O13/c1-19(2)9-24(51-38(63)32(41)20(3)4)34(59)48-23(7-5-6-8-40)33(58)44-16-29(53)47-25(10-21-14-42-17-45-21)35(60)49-26(12-30(54)55)36(61)50-27(13-31(56)57)37(62)52-28(39(64)65)11-22-15-43-18-46-22/h14-15,17-20,23-28,32H,5-13,16,40-41H2,1-4H3,(H,42,45)(H,43,46)(H,44,58)(H,47,53)(H,48,59)(H,49,60)(H,50,61)(H,51,63)(H,52,62)(H,54,55)(H,56,57)(H,64,65)/t23-,24-,25-,26-,27-,28-,32-/m0/s1. The third-order valence-electron chi connectivity index (χ3n) is 9.59. The average Bonchev–Trinajstić information content (AvgIpc) is 3.95. The van der Waals surface area contributed by atoms with Gasteiger partial charge < -0.3 is 74.0 Å². The molecule has 0 unspecified atom stereocenters. The minimum Gasteiger partial charge on any atom is -0.481 e. The van der Waals surface area contributed by atoms with Crippen molar-refractivity contribution in [3.8, 4) is 0 Å². The number of hydrogen-bond donors (Lipinski definition) is 14. The molecule has 2 aromatic rings. The molecular formula is C39H61N13O13. The van der Waals surface area contributed by atoms with Crippen molar-refractivity contribution in [2.45, 2.75) is 121 Å². The summed E-state index contributed by atoms with van der Waals surface area (Å²) in [6.45, 7) is 6.71. The van der Waals surface area contributed by atoms with Gasteiger partial charge in [0, 0.05) is 25.2 Å². The van der Waals surface area contributed by atoms with E-state index in [0.717, 1.165) is 0 Å². The Morgan fingerprint density at radius 1 is 0.600 bits per heavy atom. The smallest absolute Gasteiger partial charge is 0.326 e. The highest BCUT2D eigenvalue weighted by molar-refractivity contribution is 5.98. The molecular weight excluding hydrogens is 859 g/mol. The molecule has 0 aliphatic carbocycles. The normalized spacial score (nSPS) is 14.3. The second-order valence-electron chi connectivity index (χ2n) is 15.9. The lowest BCUT2D eigenvalue weighted by atomic mass is 10.00.